The zero-order chi connectivity index (χ0) is 17.3. The highest BCUT2D eigenvalue weighted by atomic mass is 16.4. The van der Waals surface area contributed by atoms with Gasteiger partial charge in [-0.25, -0.2) is 0 Å². The van der Waals surface area contributed by atoms with Crippen LogP contribution in [0.25, 0.3) is 0 Å². The summed E-state index contributed by atoms with van der Waals surface area (Å²) in [4.78, 5) is 21.4. The zero-order valence-corrected chi connectivity index (χ0v) is 14.4. The van der Waals surface area contributed by atoms with E-state index in [1.54, 1.807) is 6.08 Å². The van der Waals surface area contributed by atoms with Crippen molar-refractivity contribution >= 4 is 11.9 Å². The largest absolute Gasteiger partial charge is 0.481 e. The van der Waals surface area contributed by atoms with Gasteiger partial charge in [-0.3, -0.25) is 9.59 Å². The molecule has 0 aliphatic rings. The van der Waals surface area contributed by atoms with Crippen molar-refractivity contribution < 1.29 is 19.8 Å². The van der Waals surface area contributed by atoms with Gasteiger partial charge >= 0.3 is 11.9 Å². The Morgan fingerprint density at radius 1 is 0.826 bits per heavy atom. The molecule has 0 saturated heterocycles. The highest BCUT2D eigenvalue weighted by molar-refractivity contribution is 5.77. The topological polar surface area (TPSA) is 74.6 Å². The summed E-state index contributed by atoms with van der Waals surface area (Å²) in [5.41, 5.74) is 0. The van der Waals surface area contributed by atoms with E-state index in [1.807, 2.05) is 6.08 Å². The monoisotopic (exact) mass is 324 g/mol. The van der Waals surface area contributed by atoms with Gasteiger partial charge in [0, 0.05) is 0 Å². The Balaban J connectivity index is 3.54. The number of carboxylic acids is 2. The second-order valence-electron chi connectivity index (χ2n) is 5.95. The summed E-state index contributed by atoms with van der Waals surface area (Å²) in [6.07, 6.45) is 18.9. The average molecular weight is 324 g/mol. The van der Waals surface area contributed by atoms with E-state index in [0.29, 0.717) is 6.42 Å². The lowest BCUT2D eigenvalue weighted by atomic mass is 10.0. The lowest BCUT2D eigenvalue weighted by Crippen LogP contribution is -2.16. The minimum absolute atomic E-state index is 0.296. The summed E-state index contributed by atoms with van der Waals surface area (Å²) < 4.78 is 0. The van der Waals surface area contributed by atoms with Crippen molar-refractivity contribution in [1.29, 1.82) is 0 Å². The summed E-state index contributed by atoms with van der Waals surface area (Å²) in [5.74, 6) is -2.91. The van der Waals surface area contributed by atoms with Crippen LogP contribution in [0, 0.1) is 5.92 Å². The van der Waals surface area contributed by atoms with E-state index in [9.17, 15) is 9.59 Å². The molecule has 132 valence electrons. The summed E-state index contributed by atoms with van der Waals surface area (Å²) in [7, 11) is 0. The maximum Gasteiger partial charge on any atom is 0.307 e. The molecule has 0 saturated carbocycles. The Labute approximate surface area is 140 Å². The van der Waals surface area contributed by atoms with E-state index in [-0.39, 0.29) is 6.42 Å². The van der Waals surface area contributed by atoms with Gasteiger partial charge < -0.3 is 10.2 Å². The van der Waals surface area contributed by atoms with Gasteiger partial charge in [-0.05, 0) is 38.5 Å². The molecule has 0 heterocycles. The summed E-state index contributed by atoms with van der Waals surface area (Å²) in [6.45, 7) is 2.20. The standard InChI is InChI=1S/C19H32O4/c1-2-3-4-5-6-7-8-9-10-11-12-13-14-15-17(19(22)23)16-18(20)21/h5-6,13-14,17H,2-4,7-12,15-16H2,1H3,(H,20,21)(H,22,23)/b6-5+,14-13+. The quantitative estimate of drug-likeness (QED) is 0.321. The lowest BCUT2D eigenvalue weighted by molar-refractivity contribution is -0.148. The number of aliphatic carboxylic acids is 2. The van der Waals surface area contributed by atoms with E-state index < -0.39 is 17.9 Å². The molecule has 0 aromatic heterocycles. The molecule has 0 aromatic rings. The molecule has 0 aromatic carbocycles. The first-order valence-electron chi connectivity index (χ1n) is 8.82. The van der Waals surface area contributed by atoms with Crippen molar-refractivity contribution in [3.63, 3.8) is 0 Å². The zero-order valence-electron chi connectivity index (χ0n) is 14.4. The Morgan fingerprint density at radius 3 is 1.83 bits per heavy atom. The maximum atomic E-state index is 10.9. The number of hydrogen-bond donors (Lipinski definition) is 2. The van der Waals surface area contributed by atoms with Crippen LogP contribution in [-0.4, -0.2) is 22.2 Å². The van der Waals surface area contributed by atoms with Crippen molar-refractivity contribution in [3.8, 4) is 0 Å². The molecule has 0 rings (SSSR count). The van der Waals surface area contributed by atoms with Crippen LogP contribution in [0.2, 0.25) is 0 Å². The van der Waals surface area contributed by atoms with Crippen LogP contribution >= 0.6 is 0 Å². The Morgan fingerprint density at radius 2 is 1.35 bits per heavy atom. The van der Waals surface area contributed by atoms with Crippen LogP contribution in [0.15, 0.2) is 24.3 Å². The van der Waals surface area contributed by atoms with Crippen molar-refractivity contribution in [1.82, 2.24) is 0 Å². The van der Waals surface area contributed by atoms with Gasteiger partial charge in [-0.15, -0.1) is 0 Å². The van der Waals surface area contributed by atoms with Gasteiger partial charge in [0.2, 0.25) is 0 Å². The average Bonchev–Trinajstić information content (AvgIpc) is 2.50. The first-order chi connectivity index (χ1) is 11.1. The van der Waals surface area contributed by atoms with E-state index in [1.165, 1.54) is 38.5 Å². The van der Waals surface area contributed by atoms with Gasteiger partial charge in [0.1, 0.15) is 0 Å². The second kappa shape index (κ2) is 15.3. The SMILES string of the molecule is CCCC/C=C/CCCCCC/C=C/CC(CC(=O)O)C(=O)O. The molecule has 0 radical (unpaired) electrons. The lowest BCUT2D eigenvalue weighted by Gasteiger charge is -2.05. The first kappa shape index (κ1) is 21.4. The molecule has 4 nitrogen and oxygen atoms in total. The van der Waals surface area contributed by atoms with Crippen LogP contribution < -0.4 is 0 Å². The van der Waals surface area contributed by atoms with Crippen molar-refractivity contribution in [2.75, 3.05) is 0 Å². The van der Waals surface area contributed by atoms with Crippen LogP contribution in [0.3, 0.4) is 0 Å². The molecule has 4 heteroatoms. The molecule has 23 heavy (non-hydrogen) atoms. The van der Waals surface area contributed by atoms with Crippen molar-refractivity contribution in [3.05, 3.63) is 24.3 Å². The molecule has 0 fully saturated rings. The summed E-state index contributed by atoms with van der Waals surface area (Å²) in [5, 5.41) is 17.6. The van der Waals surface area contributed by atoms with E-state index in [2.05, 4.69) is 19.1 Å². The molecule has 0 spiro atoms. The van der Waals surface area contributed by atoms with Gasteiger partial charge in [0.15, 0.2) is 0 Å². The fourth-order valence-electron chi connectivity index (χ4n) is 2.30. The summed E-state index contributed by atoms with van der Waals surface area (Å²) in [6, 6.07) is 0. The minimum Gasteiger partial charge on any atom is -0.481 e. The first-order valence-corrected chi connectivity index (χ1v) is 8.82. The predicted molar refractivity (Wildman–Crippen MR) is 93.5 cm³/mol. The molecular weight excluding hydrogens is 292 g/mol. The molecule has 0 amide bonds. The third-order valence-corrected chi connectivity index (χ3v) is 3.74. The fourth-order valence-corrected chi connectivity index (χ4v) is 2.30. The third kappa shape index (κ3) is 15.1. The normalized spacial score (nSPS) is 12.9. The van der Waals surface area contributed by atoms with E-state index >= 15 is 0 Å². The number of allylic oxidation sites excluding steroid dienone is 4. The van der Waals surface area contributed by atoms with Crippen molar-refractivity contribution in [2.45, 2.75) is 77.6 Å². The Kier molecular flexibility index (Phi) is 14.3. The molecule has 0 bridgehead atoms. The number of carbonyl (C=O) groups is 2. The van der Waals surface area contributed by atoms with Gasteiger partial charge in [-0.1, -0.05) is 56.9 Å². The molecular formula is C19H32O4. The highest BCUT2D eigenvalue weighted by Crippen LogP contribution is 2.11. The molecule has 1 unspecified atom stereocenters. The molecule has 0 aliphatic carbocycles. The van der Waals surface area contributed by atoms with Crippen LogP contribution in [0.1, 0.15) is 77.6 Å². The van der Waals surface area contributed by atoms with Gasteiger partial charge in [0.05, 0.1) is 12.3 Å². The number of hydrogen-bond acceptors (Lipinski definition) is 2. The number of unbranched alkanes of at least 4 members (excludes halogenated alkanes) is 7. The Bertz CT molecular complexity index is 372. The van der Waals surface area contributed by atoms with Crippen LogP contribution in [0.4, 0.5) is 0 Å². The molecule has 0 aliphatic heterocycles. The fraction of sp³-hybridized carbons (Fsp3) is 0.684. The number of carboxylic acid groups (broad SMARTS) is 2. The van der Waals surface area contributed by atoms with Crippen LogP contribution in [0.5, 0.6) is 0 Å². The molecule has 2 N–H and O–H groups in total. The number of rotatable bonds is 15. The third-order valence-electron chi connectivity index (χ3n) is 3.74. The maximum absolute atomic E-state index is 10.9. The summed E-state index contributed by atoms with van der Waals surface area (Å²) >= 11 is 0. The van der Waals surface area contributed by atoms with Gasteiger partial charge in [0.25, 0.3) is 0 Å². The minimum atomic E-state index is -1.06. The van der Waals surface area contributed by atoms with Gasteiger partial charge in [-0.2, -0.15) is 0 Å². The molecule has 1 atom stereocenters. The second-order valence-corrected chi connectivity index (χ2v) is 5.95. The van der Waals surface area contributed by atoms with Crippen LogP contribution in [-0.2, 0) is 9.59 Å². The highest BCUT2D eigenvalue weighted by Gasteiger charge is 2.18. The Hall–Kier alpha value is -1.58. The van der Waals surface area contributed by atoms with E-state index in [4.69, 9.17) is 10.2 Å². The predicted octanol–water partition coefficient (Wildman–Crippen LogP) is 5.20. The van der Waals surface area contributed by atoms with E-state index in [0.717, 1.165) is 19.3 Å². The van der Waals surface area contributed by atoms with Crippen molar-refractivity contribution in [2.24, 2.45) is 5.92 Å². The smallest absolute Gasteiger partial charge is 0.307 e.